The van der Waals surface area contributed by atoms with Gasteiger partial charge in [-0.2, -0.15) is 0 Å². The Morgan fingerprint density at radius 1 is 1.05 bits per heavy atom. The fraction of sp³-hybridized carbons (Fsp3) is 0.188. The van der Waals surface area contributed by atoms with E-state index >= 15 is 0 Å². The van der Waals surface area contributed by atoms with Crippen molar-refractivity contribution in [2.24, 2.45) is 0 Å². The van der Waals surface area contributed by atoms with Crippen molar-refractivity contribution in [1.29, 1.82) is 0 Å². The van der Waals surface area contributed by atoms with E-state index in [4.69, 9.17) is 4.42 Å². The summed E-state index contributed by atoms with van der Waals surface area (Å²) in [5.74, 6) is -0.304. The number of rotatable bonds is 2. The maximum Gasteiger partial charge on any atom is 0.420 e. The zero-order valence-electron chi connectivity index (χ0n) is 11.0. The van der Waals surface area contributed by atoms with E-state index in [0.717, 1.165) is 16.6 Å². The number of hydrogen-bond acceptors (Lipinski definition) is 2. The van der Waals surface area contributed by atoms with Crippen molar-refractivity contribution in [3.05, 3.63) is 69.7 Å². The second-order valence-electron chi connectivity index (χ2n) is 4.91. The molecule has 96 valence electrons. The summed E-state index contributed by atoms with van der Waals surface area (Å²) in [6.07, 6.45) is 0. The zero-order valence-corrected chi connectivity index (χ0v) is 11.0. The van der Waals surface area contributed by atoms with Crippen LogP contribution in [0.1, 0.15) is 16.7 Å². The molecule has 3 heteroatoms. The smallest absolute Gasteiger partial charge is 0.408 e. The lowest BCUT2D eigenvalue weighted by Gasteiger charge is -2.04. The molecule has 3 rings (SSSR count). The first kappa shape index (κ1) is 11.8. The standard InChI is InChI=1S/C16H15NO2/c1-11-4-3-5-13(8-11)10-17-14-9-12(2)6-7-15(14)19-16(17)18/h3-9H,10H2,1-2H3. The molecule has 3 aromatic rings. The molecule has 1 aromatic heterocycles. The number of hydrogen-bond donors (Lipinski definition) is 0. The molecule has 0 bridgehead atoms. The Hall–Kier alpha value is -2.29. The van der Waals surface area contributed by atoms with E-state index < -0.39 is 0 Å². The van der Waals surface area contributed by atoms with Crippen LogP contribution >= 0.6 is 0 Å². The van der Waals surface area contributed by atoms with E-state index in [2.05, 4.69) is 6.07 Å². The average Bonchev–Trinajstić information content (AvgIpc) is 2.66. The predicted octanol–water partition coefficient (Wildman–Crippen LogP) is 3.26. The van der Waals surface area contributed by atoms with Gasteiger partial charge in [0, 0.05) is 0 Å². The third-order valence-corrected chi connectivity index (χ3v) is 3.25. The van der Waals surface area contributed by atoms with Gasteiger partial charge in [0.2, 0.25) is 0 Å². The fourth-order valence-electron chi connectivity index (χ4n) is 2.31. The van der Waals surface area contributed by atoms with Gasteiger partial charge >= 0.3 is 5.76 Å². The molecule has 0 aliphatic rings. The van der Waals surface area contributed by atoms with Gasteiger partial charge in [0.05, 0.1) is 12.1 Å². The van der Waals surface area contributed by atoms with Gasteiger partial charge in [-0.1, -0.05) is 35.9 Å². The van der Waals surface area contributed by atoms with Gasteiger partial charge in [0.15, 0.2) is 5.58 Å². The third-order valence-electron chi connectivity index (χ3n) is 3.25. The summed E-state index contributed by atoms with van der Waals surface area (Å²) in [7, 11) is 0. The summed E-state index contributed by atoms with van der Waals surface area (Å²) < 4.78 is 6.94. The van der Waals surface area contributed by atoms with Crippen molar-refractivity contribution in [2.75, 3.05) is 0 Å². The molecule has 2 aromatic carbocycles. The highest BCUT2D eigenvalue weighted by molar-refractivity contribution is 5.73. The van der Waals surface area contributed by atoms with Gasteiger partial charge in [-0.3, -0.25) is 4.57 Å². The third kappa shape index (κ3) is 2.19. The van der Waals surface area contributed by atoms with Crippen molar-refractivity contribution in [1.82, 2.24) is 4.57 Å². The molecule has 0 aliphatic heterocycles. The molecular formula is C16H15NO2. The second kappa shape index (κ2) is 4.43. The van der Waals surface area contributed by atoms with E-state index in [-0.39, 0.29) is 5.76 Å². The van der Waals surface area contributed by atoms with Gasteiger partial charge in [0.1, 0.15) is 0 Å². The van der Waals surface area contributed by atoms with Crippen LogP contribution in [-0.2, 0) is 6.54 Å². The number of nitrogens with zero attached hydrogens (tertiary/aromatic N) is 1. The summed E-state index contributed by atoms with van der Waals surface area (Å²) in [5, 5.41) is 0. The highest BCUT2D eigenvalue weighted by atomic mass is 16.4. The quantitative estimate of drug-likeness (QED) is 0.702. The topological polar surface area (TPSA) is 35.1 Å². The molecule has 0 atom stereocenters. The van der Waals surface area contributed by atoms with Crippen LogP contribution in [0.15, 0.2) is 51.7 Å². The van der Waals surface area contributed by atoms with Crippen molar-refractivity contribution in [3.63, 3.8) is 0 Å². The van der Waals surface area contributed by atoms with E-state index in [1.165, 1.54) is 5.56 Å². The Kier molecular flexibility index (Phi) is 2.75. The first-order valence-corrected chi connectivity index (χ1v) is 6.29. The highest BCUT2D eigenvalue weighted by Gasteiger charge is 2.09. The van der Waals surface area contributed by atoms with Crippen LogP contribution in [0.25, 0.3) is 11.1 Å². The summed E-state index contributed by atoms with van der Waals surface area (Å²) in [4.78, 5) is 11.9. The largest absolute Gasteiger partial charge is 0.420 e. The van der Waals surface area contributed by atoms with Crippen LogP contribution in [0.5, 0.6) is 0 Å². The van der Waals surface area contributed by atoms with E-state index in [0.29, 0.717) is 12.1 Å². The molecular weight excluding hydrogens is 238 g/mol. The number of benzene rings is 2. The van der Waals surface area contributed by atoms with Gasteiger partial charge in [0.25, 0.3) is 0 Å². The Labute approximate surface area is 111 Å². The molecule has 0 saturated heterocycles. The number of oxazole rings is 1. The van der Waals surface area contributed by atoms with E-state index in [1.54, 1.807) is 4.57 Å². The summed E-state index contributed by atoms with van der Waals surface area (Å²) in [5.41, 5.74) is 4.90. The summed E-state index contributed by atoms with van der Waals surface area (Å²) in [6, 6.07) is 13.9. The lowest BCUT2D eigenvalue weighted by molar-refractivity contribution is 0.517. The van der Waals surface area contributed by atoms with E-state index in [9.17, 15) is 4.79 Å². The second-order valence-corrected chi connectivity index (χ2v) is 4.91. The Morgan fingerprint density at radius 2 is 1.84 bits per heavy atom. The Bertz CT molecular complexity index is 796. The SMILES string of the molecule is Cc1cccc(Cn2c(=O)oc3ccc(C)cc32)c1. The molecule has 0 aliphatic carbocycles. The van der Waals surface area contributed by atoms with Crippen LogP contribution in [0.2, 0.25) is 0 Å². The zero-order chi connectivity index (χ0) is 13.4. The molecule has 0 unspecified atom stereocenters. The van der Waals surface area contributed by atoms with Gasteiger partial charge in [-0.25, -0.2) is 4.79 Å². The number of aromatic nitrogens is 1. The van der Waals surface area contributed by atoms with E-state index in [1.807, 2.05) is 50.2 Å². The molecule has 3 nitrogen and oxygen atoms in total. The van der Waals surface area contributed by atoms with Crippen LogP contribution in [0.3, 0.4) is 0 Å². The minimum Gasteiger partial charge on any atom is -0.408 e. The van der Waals surface area contributed by atoms with Crippen LogP contribution in [-0.4, -0.2) is 4.57 Å². The number of fused-ring (bicyclic) bond motifs is 1. The van der Waals surface area contributed by atoms with Crippen molar-refractivity contribution < 1.29 is 4.42 Å². The summed E-state index contributed by atoms with van der Waals surface area (Å²) >= 11 is 0. The maximum absolute atomic E-state index is 11.9. The molecule has 19 heavy (non-hydrogen) atoms. The highest BCUT2D eigenvalue weighted by Crippen LogP contribution is 2.16. The van der Waals surface area contributed by atoms with Crippen molar-refractivity contribution in [3.8, 4) is 0 Å². The van der Waals surface area contributed by atoms with Crippen LogP contribution in [0.4, 0.5) is 0 Å². The van der Waals surface area contributed by atoms with Gasteiger partial charge in [-0.05, 0) is 37.1 Å². The first-order chi connectivity index (χ1) is 9.13. The molecule has 1 heterocycles. The minimum atomic E-state index is -0.304. The molecule has 0 spiro atoms. The van der Waals surface area contributed by atoms with Crippen LogP contribution < -0.4 is 5.76 Å². The first-order valence-electron chi connectivity index (χ1n) is 6.29. The number of aryl methyl sites for hydroxylation is 2. The molecule has 0 amide bonds. The molecule has 0 fully saturated rings. The minimum absolute atomic E-state index is 0.304. The normalized spacial score (nSPS) is 11.1. The predicted molar refractivity (Wildman–Crippen MR) is 75.5 cm³/mol. The fourth-order valence-corrected chi connectivity index (χ4v) is 2.31. The Morgan fingerprint density at radius 3 is 2.63 bits per heavy atom. The molecule has 0 N–H and O–H groups in total. The van der Waals surface area contributed by atoms with Crippen molar-refractivity contribution in [2.45, 2.75) is 20.4 Å². The Balaban J connectivity index is 2.12. The molecule has 0 saturated carbocycles. The lowest BCUT2D eigenvalue weighted by Crippen LogP contribution is -2.14. The monoisotopic (exact) mass is 253 g/mol. The molecule has 0 radical (unpaired) electrons. The summed E-state index contributed by atoms with van der Waals surface area (Å²) in [6.45, 7) is 4.59. The average molecular weight is 253 g/mol. The van der Waals surface area contributed by atoms with Crippen LogP contribution in [0, 0.1) is 13.8 Å². The van der Waals surface area contributed by atoms with Gasteiger partial charge < -0.3 is 4.42 Å². The van der Waals surface area contributed by atoms with Gasteiger partial charge in [-0.15, -0.1) is 0 Å². The van der Waals surface area contributed by atoms with Crippen molar-refractivity contribution >= 4 is 11.1 Å². The maximum atomic E-state index is 11.9. The lowest BCUT2D eigenvalue weighted by atomic mass is 10.1.